The van der Waals surface area contributed by atoms with Gasteiger partial charge in [-0.05, 0) is 17.7 Å². The van der Waals surface area contributed by atoms with Crippen molar-refractivity contribution in [2.45, 2.75) is 6.10 Å². The first-order valence-electron chi connectivity index (χ1n) is 6.64. The second-order valence-corrected chi connectivity index (χ2v) is 5.30. The van der Waals surface area contributed by atoms with Crippen LogP contribution < -0.4 is 10.9 Å². The van der Waals surface area contributed by atoms with Gasteiger partial charge in [-0.25, -0.2) is 0 Å². The van der Waals surface area contributed by atoms with Crippen LogP contribution in [-0.2, 0) is 7.05 Å². The van der Waals surface area contributed by atoms with E-state index in [4.69, 9.17) is 11.6 Å². The Bertz CT molecular complexity index is 856. The number of aliphatic hydroxyl groups is 1. The molecule has 3 N–H and O–H groups in total. The molecule has 1 aromatic carbocycles. The molecule has 0 unspecified atom stereocenters. The third-order valence-corrected chi connectivity index (χ3v) is 3.57. The third-order valence-electron chi connectivity index (χ3n) is 3.32. The van der Waals surface area contributed by atoms with Crippen molar-refractivity contribution in [1.82, 2.24) is 19.7 Å². The Morgan fingerprint density at radius 3 is 2.86 bits per heavy atom. The molecule has 114 valence electrons. The van der Waals surface area contributed by atoms with E-state index in [2.05, 4.69) is 20.4 Å². The predicted molar refractivity (Wildman–Crippen MR) is 84.0 cm³/mol. The van der Waals surface area contributed by atoms with Gasteiger partial charge in [0.1, 0.15) is 5.39 Å². The monoisotopic (exact) mass is 319 g/mol. The maximum Gasteiger partial charge on any atom is 0.263 e. The van der Waals surface area contributed by atoms with E-state index in [1.807, 2.05) is 0 Å². The number of rotatable bonds is 4. The van der Waals surface area contributed by atoms with Gasteiger partial charge in [-0.3, -0.25) is 14.5 Å². The SMILES string of the molecule is Cn1ncc2c(=O)[nH]c(NC[C@@H](O)c3ccc(Cl)cc3)nc21. The summed E-state index contributed by atoms with van der Waals surface area (Å²) < 4.78 is 1.52. The van der Waals surface area contributed by atoms with Crippen molar-refractivity contribution in [2.75, 3.05) is 11.9 Å². The smallest absolute Gasteiger partial charge is 0.263 e. The predicted octanol–water partition coefficient (Wildman–Crippen LogP) is 1.46. The van der Waals surface area contributed by atoms with Crippen molar-refractivity contribution in [3.05, 3.63) is 51.4 Å². The zero-order chi connectivity index (χ0) is 15.7. The Morgan fingerprint density at radius 1 is 1.41 bits per heavy atom. The molecule has 0 fully saturated rings. The van der Waals surface area contributed by atoms with Crippen molar-refractivity contribution in [3.63, 3.8) is 0 Å². The molecule has 1 atom stereocenters. The number of hydrogen-bond donors (Lipinski definition) is 3. The molecule has 0 radical (unpaired) electrons. The van der Waals surface area contributed by atoms with Crippen LogP contribution in [0.1, 0.15) is 11.7 Å². The first-order chi connectivity index (χ1) is 10.5. The van der Waals surface area contributed by atoms with Gasteiger partial charge in [-0.2, -0.15) is 10.1 Å². The molecule has 7 nitrogen and oxygen atoms in total. The van der Waals surface area contributed by atoms with E-state index in [-0.39, 0.29) is 18.1 Å². The molecule has 2 heterocycles. The summed E-state index contributed by atoms with van der Waals surface area (Å²) >= 11 is 5.81. The number of halogens is 1. The number of aryl methyl sites for hydroxylation is 1. The standard InChI is InChI=1S/C14H14ClN5O2/c1-20-12-10(6-17-20)13(22)19-14(18-12)16-7-11(21)8-2-4-9(15)5-3-8/h2-6,11,21H,7H2,1H3,(H2,16,18,19,22)/t11-/m1/s1. The number of nitrogens with zero attached hydrogens (tertiary/aromatic N) is 3. The van der Waals surface area contributed by atoms with E-state index >= 15 is 0 Å². The van der Waals surface area contributed by atoms with Crippen LogP contribution in [0.2, 0.25) is 5.02 Å². The minimum Gasteiger partial charge on any atom is -0.387 e. The summed E-state index contributed by atoms with van der Waals surface area (Å²) in [5.74, 6) is 0.286. The molecule has 0 amide bonds. The van der Waals surface area contributed by atoms with Gasteiger partial charge in [0.25, 0.3) is 5.56 Å². The lowest BCUT2D eigenvalue weighted by molar-refractivity contribution is 0.191. The summed E-state index contributed by atoms with van der Waals surface area (Å²) in [5, 5.41) is 18.1. The molecule has 0 bridgehead atoms. The maximum atomic E-state index is 11.9. The summed E-state index contributed by atoms with van der Waals surface area (Å²) in [5.41, 5.74) is 0.926. The number of H-pyrrole nitrogens is 1. The highest BCUT2D eigenvalue weighted by Gasteiger charge is 2.10. The second kappa shape index (κ2) is 5.78. The fraction of sp³-hybridized carbons (Fsp3) is 0.214. The third kappa shape index (κ3) is 2.81. The van der Waals surface area contributed by atoms with Crippen LogP contribution in [-0.4, -0.2) is 31.4 Å². The minimum atomic E-state index is -0.746. The topological polar surface area (TPSA) is 95.8 Å². The van der Waals surface area contributed by atoms with Crippen LogP contribution >= 0.6 is 11.6 Å². The van der Waals surface area contributed by atoms with Crippen LogP contribution in [0.5, 0.6) is 0 Å². The number of aromatic nitrogens is 4. The molecule has 0 aliphatic heterocycles. The number of benzene rings is 1. The van der Waals surface area contributed by atoms with Gasteiger partial charge in [-0.15, -0.1) is 0 Å². The van der Waals surface area contributed by atoms with Crippen LogP contribution in [0.25, 0.3) is 11.0 Å². The van der Waals surface area contributed by atoms with E-state index < -0.39 is 6.10 Å². The molecular weight excluding hydrogens is 306 g/mol. The first kappa shape index (κ1) is 14.6. The molecule has 3 rings (SSSR count). The van der Waals surface area contributed by atoms with Crippen LogP contribution in [0, 0.1) is 0 Å². The lowest BCUT2D eigenvalue weighted by atomic mass is 10.1. The Hall–Kier alpha value is -2.38. The summed E-state index contributed by atoms with van der Waals surface area (Å²) in [6.45, 7) is 0.202. The second-order valence-electron chi connectivity index (χ2n) is 4.87. The molecule has 0 saturated carbocycles. The van der Waals surface area contributed by atoms with Gasteiger partial charge in [-0.1, -0.05) is 23.7 Å². The molecule has 0 aliphatic rings. The van der Waals surface area contributed by atoms with Crippen LogP contribution in [0.15, 0.2) is 35.3 Å². The number of fused-ring (bicyclic) bond motifs is 1. The average Bonchev–Trinajstić information content (AvgIpc) is 2.88. The van der Waals surface area contributed by atoms with Gasteiger partial charge in [0.2, 0.25) is 5.95 Å². The van der Waals surface area contributed by atoms with Gasteiger partial charge in [0, 0.05) is 18.6 Å². The molecule has 0 spiro atoms. The van der Waals surface area contributed by atoms with Crippen molar-refractivity contribution in [2.24, 2.45) is 7.05 Å². The van der Waals surface area contributed by atoms with E-state index in [9.17, 15) is 9.90 Å². The normalized spacial score (nSPS) is 12.5. The number of anilines is 1. The number of nitrogens with one attached hydrogen (secondary N) is 2. The van der Waals surface area contributed by atoms with Crippen molar-refractivity contribution in [1.29, 1.82) is 0 Å². The fourth-order valence-corrected chi connectivity index (χ4v) is 2.24. The minimum absolute atomic E-state index is 0.202. The molecule has 8 heteroatoms. The zero-order valence-electron chi connectivity index (χ0n) is 11.7. The first-order valence-corrected chi connectivity index (χ1v) is 7.02. The highest BCUT2D eigenvalue weighted by molar-refractivity contribution is 6.30. The lowest BCUT2D eigenvalue weighted by Gasteiger charge is -2.12. The summed E-state index contributed by atoms with van der Waals surface area (Å²) in [4.78, 5) is 18.8. The Balaban J connectivity index is 1.77. The summed E-state index contributed by atoms with van der Waals surface area (Å²) in [7, 11) is 1.71. The van der Waals surface area contributed by atoms with Crippen molar-refractivity contribution in [3.8, 4) is 0 Å². The Kier molecular flexibility index (Phi) is 3.82. The van der Waals surface area contributed by atoms with E-state index in [1.165, 1.54) is 10.9 Å². The molecule has 2 aromatic heterocycles. The van der Waals surface area contributed by atoms with Crippen molar-refractivity contribution < 1.29 is 5.11 Å². The maximum absolute atomic E-state index is 11.9. The molecule has 0 saturated heterocycles. The highest BCUT2D eigenvalue weighted by atomic mass is 35.5. The van der Waals surface area contributed by atoms with E-state index in [0.29, 0.717) is 16.1 Å². The van der Waals surface area contributed by atoms with Crippen molar-refractivity contribution >= 4 is 28.6 Å². The lowest BCUT2D eigenvalue weighted by Crippen LogP contribution is -2.17. The van der Waals surface area contributed by atoms with Gasteiger partial charge in [0.15, 0.2) is 5.65 Å². The number of aromatic amines is 1. The van der Waals surface area contributed by atoms with Crippen LogP contribution in [0.4, 0.5) is 5.95 Å². The highest BCUT2D eigenvalue weighted by Crippen LogP contribution is 2.16. The molecule has 22 heavy (non-hydrogen) atoms. The number of aliphatic hydroxyl groups excluding tert-OH is 1. The average molecular weight is 320 g/mol. The van der Waals surface area contributed by atoms with Gasteiger partial charge >= 0.3 is 0 Å². The largest absolute Gasteiger partial charge is 0.387 e. The van der Waals surface area contributed by atoms with Gasteiger partial charge < -0.3 is 10.4 Å². The quantitative estimate of drug-likeness (QED) is 0.676. The number of hydrogen-bond acceptors (Lipinski definition) is 5. The zero-order valence-corrected chi connectivity index (χ0v) is 12.5. The van der Waals surface area contributed by atoms with E-state index in [0.717, 1.165) is 5.56 Å². The Morgan fingerprint density at radius 2 is 2.14 bits per heavy atom. The molecule has 0 aliphatic carbocycles. The molecular formula is C14H14ClN5O2. The summed E-state index contributed by atoms with van der Waals surface area (Å²) in [6, 6.07) is 6.91. The van der Waals surface area contributed by atoms with Gasteiger partial charge in [0.05, 0.1) is 12.3 Å². The van der Waals surface area contributed by atoms with E-state index in [1.54, 1.807) is 31.3 Å². The Labute approximate surface area is 130 Å². The molecule has 3 aromatic rings. The fourth-order valence-electron chi connectivity index (χ4n) is 2.11. The van der Waals surface area contributed by atoms with Crippen LogP contribution in [0.3, 0.4) is 0 Å². The summed E-state index contributed by atoms with van der Waals surface area (Å²) in [6.07, 6.45) is 0.720.